The average molecular weight is 637 g/mol. The molecule has 1 N–H and O–H groups in total. The number of nitrogens with zero attached hydrogens (tertiary/aromatic N) is 2. The molecule has 2 heterocycles. The zero-order valence-corrected chi connectivity index (χ0v) is 21.4. The first kappa shape index (κ1) is 23.0. The van der Waals surface area contributed by atoms with Gasteiger partial charge < -0.3 is 9.52 Å². The van der Waals surface area contributed by atoms with E-state index in [-0.39, 0.29) is 26.8 Å². The van der Waals surface area contributed by atoms with Gasteiger partial charge in [-0.15, -0.1) is 35.4 Å². The van der Waals surface area contributed by atoms with Crippen molar-refractivity contribution in [2.45, 2.75) is 13.8 Å². The Kier molecular flexibility index (Phi) is 6.00. The van der Waals surface area contributed by atoms with Crippen molar-refractivity contribution < 1.29 is 30.6 Å². The molecule has 0 amide bonds. The molecule has 0 aliphatic rings. The van der Waals surface area contributed by atoms with Gasteiger partial charge in [0.25, 0.3) is 0 Å². The van der Waals surface area contributed by atoms with Crippen LogP contribution in [0.15, 0.2) is 89.5 Å². The van der Waals surface area contributed by atoms with Gasteiger partial charge in [-0.05, 0) is 54.6 Å². The minimum Gasteiger partial charge on any atom is -0.507 e. The third-order valence-electron chi connectivity index (χ3n) is 6.13. The van der Waals surface area contributed by atoms with E-state index in [2.05, 4.69) is 44.2 Å². The largest absolute Gasteiger partial charge is 0.507 e. The molecule has 2 aromatic heterocycles. The molecule has 6 rings (SSSR count). The maximum atomic E-state index is 10.2. The first-order valence-electron chi connectivity index (χ1n) is 11.2. The van der Waals surface area contributed by atoms with Gasteiger partial charge in [0.05, 0.1) is 11.1 Å². The van der Waals surface area contributed by atoms with Crippen LogP contribution in [0.5, 0.6) is 5.75 Å². The number of phenols is 1. The number of oxazole rings is 1. The predicted octanol–water partition coefficient (Wildman–Crippen LogP) is 7.50. The van der Waals surface area contributed by atoms with Gasteiger partial charge in [0.15, 0.2) is 0 Å². The second-order valence-electron chi connectivity index (χ2n) is 8.51. The smallest absolute Gasteiger partial charge is 0.230 e. The standard InChI is InChI=1S/C30H21N2O2.Pt/c1-18-15-25-19(2)13-14-23(28(25)31-17-18)21-8-5-7-20(16-21)22-10-6-12-27-29(22)32-30(34-27)24-9-3-4-11-26(24)33;/h3-15,17,33H,1-2H3;/q-1;. The van der Waals surface area contributed by atoms with E-state index in [9.17, 15) is 5.11 Å². The maximum Gasteiger partial charge on any atom is 0.230 e. The quantitative estimate of drug-likeness (QED) is 0.205. The van der Waals surface area contributed by atoms with E-state index < -0.39 is 0 Å². The fourth-order valence-electron chi connectivity index (χ4n) is 4.40. The molecule has 0 radical (unpaired) electrons. The fourth-order valence-corrected chi connectivity index (χ4v) is 4.40. The van der Waals surface area contributed by atoms with Crippen LogP contribution in [0, 0.1) is 19.9 Å². The summed E-state index contributed by atoms with van der Waals surface area (Å²) in [7, 11) is 0. The van der Waals surface area contributed by atoms with Crippen molar-refractivity contribution >= 4 is 22.0 Å². The van der Waals surface area contributed by atoms with E-state index in [1.807, 2.05) is 42.6 Å². The number of para-hydroxylation sites is 2. The number of rotatable bonds is 3. The maximum absolute atomic E-state index is 10.2. The molecule has 174 valence electrons. The van der Waals surface area contributed by atoms with Crippen LogP contribution in [-0.2, 0) is 21.1 Å². The van der Waals surface area contributed by atoms with E-state index in [4.69, 9.17) is 14.4 Å². The van der Waals surface area contributed by atoms with Crippen molar-refractivity contribution in [3.63, 3.8) is 0 Å². The number of benzene rings is 4. The number of pyridine rings is 1. The van der Waals surface area contributed by atoms with Gasteiger partial charge in [0, 0.05) is 32.8 Å². The molecule has 0 saturated heterocycles. The average Bonchev–Trinajstić information content (AvgIpc) is 3.29. The molecule has 0 bridgehead atoms. The summed E-state index contributed by atoms with van der Waals surface area (Å²) in [5.41, 5.74) is 9.13. The van der Waals surface area contributed by atoms with Gasteiger partial charge in [0.1, 0.15) is 11.3 Å². The summed E-state index contributed by atoms with van der Waals surface area (Å²) in [4.78, 5) is 9.48. The molecule has 35 heavy (non-hydrogen) atoms. The molecule has 4 aromatic carbocycles. The van der Waals surface area contributed by atoms with E-state index in [1.54, 1.807) is 18.2 Å². The van der Waals surface area contributed by atoms with Gasteiger partial charge in [0.2, 0.25) is 5.89 Å². The molecular formula is C30H21N2O2Pt-. The van der Waals surface area contributed by atoms with Gasteiger partial charge in [-0.25, -0.2) is 4.98 Å². The fraction of sp³-hybridized carbons (Fsp3) is 0.0667. The summed E-state index contributed by atoms with van der Waals surface area (Å²) in [5, 5.41) is 11.4. The van der Waals surface area contributed by atoms with Crippen LogP contribution in [0.4, 0.5) is 0 Å². The minimum atomic E-state index is 0. The number of hydrogen-bond donors (Lipinski definition) is 1. The Hall–Kier alpha value is -3.75. The first-order valence-corrected chi connectivity index (χ1v) is 11.2. The van der Waals surface area contributed by atoms with Gasteiger partial charge in [-0.1, -0.05) is 47.5 Å². The number of phenolic OH excluding ortho intramolecular Hbond substituents is 1. The van der Waals surface area contributed by atoms with Crippen LogP contribution in [-0.4, -0.2) is 15.1 Å². The van der Waals surface area contributed by atoms with Crippen LogP contribution < -0.4 is 0 Å². The summed E-state index contributed by atoms with van der Waals surface area (Å²) in [6, 6.07) is 29.0. The zero-order valence-electron chi connectivity index (χ0n) is 19.1. The third-order valence-corrected chi connectivity index (χ3v) is 6.13. The summed E-state index contributed by atoms with van der Waals surface area (Å²) in [6.45, 7) is 4.17. The summed E-state index contributed by atoms with van der Waals surface area (Å²) in [5.74, 6) is 0.527. The number of hydrogen-bond acceptors (Lipinski definition) is 4. The van der Waals surface area contributed by atoms with Crippen LogP contribution in [0.3, 0.4) is 0 Å². The number of aromatic nitrogens is 2. The third kappa shape index (κ3) is 4.04. The van der Waals surface area contributed by atoms with Gasteiger partial charge in [-0.3, -0.25) is 4.98 Å². The number of fused-ring (bicyclic) bond motifs is 2. The SMILES string of the molecule is Cc1cnc2c(-c3[c-]c(-c4cccc5oc(-c6ccccc6O)nc45)ccc3)ccc(C)c2c1.[Pt]. The zero-order chi connectivity index (χ0) is 23.2. The molecule has 0 atom stereocenters. The van der Waals surface area contributed by atoms with Gasteiger partial charge >= 0.3 is 0 Å². The normalized spacial score (nSPS) is 11.0. The Morgan fingerprint density at radius 2 is 1.49 bits per heavy atom. The van der Waals surface area contributed by atoms with Crippen molar-refractivity contribution in [2.75, 3.05) is 0 Å². The molecule has 5 heteroatoms. The molecule has 6 aromatic rings. The minimum absolute atomic E-state index is 0. The molecule has 0 unspecified atom stereocenters. The second-order valence-corrected chi connectivity index (χ2v) is 8.51. The van der Waals surface area contributed by atoms with Crippen LogP contribution in [0.1, 0.15) is 11.1 Å². The summed E-state index contributed by atoms with van der Waals surface area (Å²) < 4.78 is 6.00. The first-order chi connectivity index (χ1) is 16.6. The van der Waals surface area contributed by atoms with Crippen LogP contribution >= 0.6 is 0 Å². The van der Waals surface area contributed by atoms with E-state index >= 15 is 0 Å². The molecule has 0 aliphatic heterocycles. The topological polar surface area (TPSA) is 59.2 Å². The van der Waals surface area contributed by atoms with Crippen molar-refractivity contribution in [3.05, 3.63) is 102 Å². The number of aryl methyl sites for hydroxylation is 2. The van der Waals surface area contributed by atoms with Crippen LogP contribution in [0.25, 0.3) is 55.7 Å². The Morgan fingerprint density at radius 3 is 2.29 bits per heavy atom. The van der Waals surface area contributed by atoms with Gasteiger partial charge in [-0.2, -0.15) is 0 Å². The van der Waals surface area contributed by atoms with Crippen molar-refractivity contribution in [2.24, 2.45) is 0 Å². The van der Waals surface area contributed by atoms with Crippen molar-refractivity contribution in [1.82, 2.24) is 9.97 Å². The molecule has 0 fully saturated rings. The Morgan fingerprint density at radius 1 is 0.771 bits per heavy atom. The Balaban J connectivity index is 0.00000253. The molecule has 4 nitrogen and oxygen atoms in total. The van der Waals surface area contributed by atoms with E-state index in [0.717, 1.165) is 44.2 Å². The summed E-state index contributed by atoms with van der Waals surface area (Å²) >= 11 is 0. The molecular weight excluding hydrogens is 615 g/mol. The van der Waals surface area contributed by atoms with Crippen molar-refractivity contribution in [1.29, 1.82) is 0 Å². The van der Waals surface area contributed by atoms with E-state index in [1.165, 1.54) is 5.56 Å². The second kappa shape index (κ2) is 9.13. The summed E-state index contributed by atoms with van der Waals surface area (Å²) in [6.07, 6.45) is 1.91. The Bertz CT molecular complexity index is 1700. The number of aromatic hydroxyl groups is 1. The Labute approximate surface area is 217 Å². The molecule has 0 aliphatic carbocycles. The molecule has 0 saturated carbocycles. The van der Waals surface area contributed by atoms with Crippen molar-refractivity contribution in [3.8, 4) is 39.5 Å². The van der Waals surface area contributed by atoms with E-state index in [0.29, 0.717) is 17.0 Å². The molecule has 0 spiro atoms. The van der Waals surface area contributed by atoms with Crippen LogP contribution in [0.2, 0.25) is 0 Å². The monoisotopic (exact) mass is 636 g/mol. The predicted molar refractivity (Wildman–Crippen MR) is 136 cm³/mol.